The predicted molar refractivity (Wildman–Crippen MR) is 74.4 cm³/mol. The van der Waals surface area contributed by atoms with Crippen LogP contribution in [0.25, 0.3) is 0 Å². The van der Waals surface area contributed by atoms with Crippen molar-refractivity contribution in [2.24, 2.45) is 7.05 Å². The van der Waals surface area contributed by atoms with E-state index in [0.29, 0.717) is 12.8 Å². The Kier molecular flexibility index (Phi) is 4.13. The van der Waals surface area contributed by atoms with E-state index in [-0.39, 0.29) is 22.1 Å². The SMILES string of the molecule is Cn1cc(S(=O)(=O)NC2CCCS(=O)(=O)C2)cc1C(=O)O. The Morgan fingerprint density at radius 3 is 2.67 bits per heavy atom. The Bertz CT molecular complexity index is 763. The first-order valence-corrected chi connectivity index (χ1v) is 9.53. The summed E-state index contributed by atoms with van der Waals surface area (Å²) in [5, 5.41) is 8.92. The van der Waals surface area contributed by atoms with Gasteiger partial charge in [-0.25, -0.2) is 26.4 Å². The quantitative estimate of drug-likeness (QED) is 0.770. The smallest absolute Gasteiger partial charge is 0.352 e. The Hall–Kier alpha value is -1.39. The van der Waals surface area contributed by atoms with Gasteiger partial charge < -0.3 is 9.67 Å². The number of carboxylic acids is 1. The molecule has 1 aromatic heterocycles. The maximum Gasteiger partial charge on any atom is 0.352 e. The van der Waals surface area contributed by atoms with Crippen LogP contribution in [0.1, 0.15) is 23.3 Å². The third-order valence-electron chi connectivity index (χ3n) is 3.29. The zero-order valence-corrected chi connectivity index (χ0v) is 12.9. The molecular formula is C11H16N2O6S2. The van der Waals surface area contributed by atoms with E-state index in [4.69, 9.17) is 5.11 Å². The van der Waals surface area contributed by atoms with Crippen molar-refractivity contribution in [3.63, 3.8) is 0 Å². The Balaban J connectivity index is 2.23. The van der Waals surface area contributed by atoms with Gasteiger partial charge in [0.2, 0.25) is 10.0 Å². The van der Waals surface area contributed by atoms with Crippen LogP contribution < -0.4 is 4.72 Å². The summed E-state index contributed by atoms with van der Waals surface area (Å²) >= 11 is 0. The molecule has 1 aliphatic rings. The molecule has 0 spiro atoms. The number of aromatic carboxylic acids is 1. The summed E-state index contributed by atoms with van der Waals surface area (Å²) in [5.74, 6) is -1.40. The highest BCUT2D eigenvalue weighted by molar-refractivity contribution is 7.91. The molecule has 1 unspecified atom stereocenters. The van der Waals surface area contributed by atoms with Crippen LogP contribution in [0, 0.1) is 0 Å². The monoisotopic (exact) mass is 336 g/mol. The van der Waals surface area contributed by atoms with E-state index in [1.807, 2.05) is 0 Å². The Labute approximate surface area is 122 Å². The van der Waals surface area contributed by atoms with Gasteiger partial charge >= 0.3 is 5.97 Å². The number of rotatable bonds is 4. The maximum absolute atomic E-state index is 12.2. The van der Waals surface area contributed by atoms with Crippen molar-refractivity contribution in [2.75, 3.05) is 11.5 Å². The van der Waals surface area contributed by atoms with E-state index < -0.39 is 31.9 Å². The van der Waals surface area contributed by atoms with E-state index in [0.717, 1.165) is 6.07 Å². The summed E-state index contributed by atoms with van der Waals surface area (Å²) in [5.41, 5.74) is -0.161. The minimum absolute atomic E-state index is 0.0692. The van der Waals surface area contributed by atoms with Gasteiger partial charge in [-0.1, -0.05) is 0 Å². The minimum Gasteiger partial charge on any atom is -0.477 e. The minimum atomic E-state index is -3.94. The maximum atomic E-state index is 12.2. The van der Waals surface area contributed by atoms with Crippen LogP contribution in [0.4, 0.5) is 0 Å². The van der Waals surface area contributed by atoms with Crippen LogP contribution in [0.2, 0.25) is 0 Å². The van der Waals surface area contributed by atoms with Crippen molar-refractivity contribution in [1.29, 1.82) is 0 Å². The van der Waals surface area contributed by atoms with Crippen molar-refractivity contribution < 1.29 is 26.7 Å². The molecule has 0 radical (unpaired) electrons. The lowest BCUT2D eigenvalue weighted by molar-refractivity contribution is 0.0686. The van der Waals surface area contributed by atoms with Gasteiger partial charge in [0, 0.05) is 19.3 Å². The lowest BCUT2D eigenvalue weighted by Gasteiger charge is -2.22. The largest absolute Gasteiger partial charge is 0.477 e. The average molecular weight is 336 g/mol. The van der Waals surface area contributed by atoms with Crippen LogP contribution in [0.5, 0.6) is 0 Å². The molecule has 1 aliphatic heterocycles. The first-order chi connectivity index (χ1) is 9.61. The standard InChI is InChI=1S/C11H16N2O6S2/c1-13-6-9(5-10(13)11(14)15)21(18,19)12-8-3-2-4-20(16,17)7-8/h5-6,8,12H,2-4,7H2,1H3,(H,14,15). The Morgan fingerprint density at radius 2 is 2.14 bits per heavy atom. The van der Waals surface area contributed by atoms with E-state index in [9.17, 15) is 21.6 Å². The molecule has 8 nitrogen and oxygen atoms in total. The van der Waals surface area contributed by atoms with Gasteiger partial charge in [-0.05, 0) is 18.9 Å². The van der Waals surface area contributed by atoms with Gasteiger partial charge in [0.1, 0.15) is 10.6 Å². The molecule has 1 atom stereocenters. The lowest BCUT2D eigenvalue weighted by atomic mass is 10.2. The molecule has 21 heavy (non-hydrogen) atoms. The molecule has 118 valence electrons. The molecule has 1 aromatic rings. The van der Waals surface area contributed by atoms with Crippen molar-refractivity contribution in [3.8, 4) is 0 Å². The Morgan fingerprint density at radius 1 is 1.48 bits per heavy atom. The number of sulfone groups is 1. The van der Waals surface area contributed by atoms with Crippen LogP contribution >= 0.6 is 0 Å². The molecule has 1 saturated heterocycles. The van der Waals surface area contributed by atoms with Crippen LogP contribution in [0.3, 0.4) is 0 Å². The fourth-order valence-electron chi connectivity index (χ4n) is 2.30. The first kappa shape index (κ1) is 16.0. The van der Waals surface area contributed by atoms with E-state index in [1.54, 1.807) is 0 Å². The molecule has 10 heteroatoms. The third kappa shape index (κ3) is 3.63. The van der Waals surface area contributed by atoms with Crippen LogP contribution in [0.15, 0.2) is 17.2 Å². The fraction of sp³-hybridized carbons (Fsp3) is 0.545. The van der Waals surface area contributed by atoms with Crippen LogP contribution in [-0.2, 0) is 26.9 Å². The topological polar surface area (TPSA) is 123 Å². The third-order valence-corrected chi connectivity index (χ3v) is 6.60. The van der Waals surface area contributed by atoms with Crippen molar-refractivity contribution in [3.05, 3.63) is 18.0 Å². The summed E-state index contributed by atoms with van der Waals surface area (Å²) < 4.78 is 50.9. The molecule has 2 heterocycles. The van der Waals surface area contributed by atoms with Crippen molar-refractivity contribution >= 4 is 25.8 Å². The highest BCUT2D eigenvalue weighted by atomic mass is 32.2. The second-order valence-electron chi connectivity index (χ2n) is 5.05. The number of hydrogen-bond donors (Lipinski definition) is 2. The number of hydrogen-bond acceptors (Lipinski definition) is 5. The van der Waals surface area contributed by atoms with Gasteiger partial charge in [-0.3, -0.25) is 0 Å². The van der Waals surface area contributed by atoms with Gasteiger partial charge in [0.05, 0.1) is 11.5 Å². The van der Waals surface area contributed by atoms with Gasteiger partial charge in [0.15, 0.2) is 9.84 Å². The number of nitrogens with one attached hydrogen (secondary N) is 1. The van der Waals surface area contributed by atoms with Crippen molar-refractivity contribution in [2.45, 2.75) is 23.8 Å². The van der Waals surface area contributed by atoms with E-state index in [1.165, 1.54) is 17.8 Å². The molecular weight excluding hydrogens is 320 g/mol. The molecule has 1 fully saturated rings. The number of carbonyl (C=O) groups is 1. The summed E-state index contributed by atoms with van der Waals surface area (Å²) in [6, 6.07) is 0.365. The molecule has 0 aliphatic carbocycles. The number of aromatic nitrogens is 1. The molecule has 0 saturated carbocycles. The van der Waals surface area contributed by atoms with Gasteiger partial charge in [-0.15, -0.1) is 0 Å². The number of aryl methyl sites for hydroxylation is 1. The van der Waals surface area contributed by atoms with E-state index >= 15 is 0 Å². The number of nitrogens with zero attached hydrogens (tertiary/aromatic N) is 1. The summed E-state index contributed by atoms with van der Waals surface area (Å²) in [6.45, 7) is 0. The van der Waals surface area contributed by atoms with Gasteiger partial charge in [0.25, 0.3) is 0 Å². The van der Waals surface area contributed by atoms with Crippen molar-refractivity contribution in [1.82, 2.24) is 9.29 Å². The summed E-state index contributed by atoms with van der Waals surface area (Å²) in [7, 11) is -5.75. The second-order valence-corrected chi connectivity index (χ2v) is 8.99. The van der Waals surface area contributed by atoms with E-state index in [2.05, 4.69) is 4.72 Å². The average Bonchev–Trinajstić information content (AvgIpc) is 2.70. The van der Waals surface area contributed by atoms with Gasteiger partial charge in [-0.2, -0.15) is 0 Å². The second kappa shape index (κ2) is 5.43. The van der Waals surface area contributed by atoms with Crippen LogP contribution in [-0.4, -0.2) is 50.0 Å². The molecule has 2 N–H and O–H groups in total. The normalized spacial score (nSPS) is 22.0. The molecule has 0 amide bonds. The fourth-order valence-corrected chi connectivity index (χ4v) is 5.38. The molecule has 0 bridgehead atoms. The summed E-state index contributed by atoms with van der Waals surface area (Å²) in [6.07, 6.45) is 2.03. The molecule has 2 rings (SSSR count). The summed E-state index contributed by atoms with van der Waals surface area (Å²) in [4.78, 5) is 10.7. The number of sulfonamides is 1. The number of carboxylic acid groups (broad SMARTS) is 1. The highest BCUT2D eigenvalue weighted by Gasteiger charge is 2.29. The predicted octanol–water partition coefficient (Wildman–Crippen LogP) is -0.421. The lowest BCUT2D eigenvalue weighted by Crippen LogP contribution is -2.43. The zero-order valence-electron chi connectivity index (χ0n) is 11.3. The zero-order chi connectivity index (χ0) is 15.8. The first-order valence-electron chi connectivity index (χ1n) is 6.23. The highest BCUT2D eigenvalue weighted by Crippen LogP contribution is 2.17. The molecule has 0 aromatic carbocycles.